The summed E-state index contributed by atoms with van der Waals surface area (Å²) in [4.78, 5) is 24.6. The summed E-state index contributed by atoms with van der Waals surface area (Å²) >= 11 is 0. The Morgan fingerprint density at radius 3 is 2.76 bits per heavy atom. The van der Waals surface area contributed by atoms with Gasteiger partial charge in [-0.3, -0.25) is 14.9 Å². The lowest BCUT2D eigenvalue weighted by molar-refractivity contribution is -0.384. The van der Waals surface area contributed by atoms with Crippen LogP contribution in [0, 0.1) is 17.0 Å². The van der Waals surface area contributed by atoms with Crippen LogP contribution in [0.3, 0.4) is 0 Å². The van der Waals surface area contributed by atoms with Gasteiger partial charge in [0.1, 0.15) is 0 Å². The monoisotopic (exact) mass is 292 g/mol. The smallest absolute Gasteiger partial charge is 0.270 e. The van der Waals surface area contributed by atoms with E-state index in [1.807, 2.05) is 0 Å². The molecule has 1 aromatic carbocycles. The average molecular weight is 292 g/mol. The Labute approximate surface area is 123 Å². The molecule has 1 aliphatic heterocycles. The number of carbonyl (C=O) groups excluding carboxylic acids is 1. The van der Waals surface area contributed by atoms with Gasteiger partial charge in [-0.1, -0.05) is 6.07 Å². The van der Waals surface area contributed by atoms with Gasteiger partial charge in [-0.15, -0.1) is 0 Å². The summed E-state index contributed by atoms with van der Waals surface area (Å²) in [5.74, 6) is -0.200. The zero-order valence-electron chi connectivity index (χ0n) is 12.3. The van der Waals surface area contributed by atoms with Gasteiger partial charge < -0.3 is 10.0 Å². The molecule has 0 spiro atoms. The lowest BCUT2D eigenvalue weighted by Crippen LogP contribution is -2.34. The number of carbonyl (C=O) groups is 1. The van der Waals surface area contributed by atoms with E-state index in [1.54, 1.807) is 24.8 Å². The van der Waals surface area contributed by atoms with E-state index in [4.69, 9.17) is 0 Å². The predicted octanol–water partition coefficient (Wildman–Crippen LogP) is 2.28. The molecule has 114 valence electrons. The fourth-order valence-electron chi connectivity index (χ4n) is 2.59. The van der Waals surface area contributed by atoms with Gasteiger partial charge in [0.25, 0.3) is 11.6 Å². The first-order valence-electron chi connectivity index (χ1n) is 7.07. The maximum atomic E-state index is 12.6. The molecule has 1 aliphatic rings. The highest BCUT2D eigenvalue weighted by Crippen LogP contribution is 2.24. The molecule has 6 nitrogen and oxygen atoms in total. The van der Waals surface area contributed by atoms with Gasteiger partial charge in [0.05, 0.1) is 10.5 Å². The van der Waals surface area contributed by atoms with Crippen LogP contribution in [0.25, 0.3) is 0 Å². The molecule has 0 aliphatic carbocycles. The first-order valence-corrected chi connectivity index (χ1v) is 7.07. The molecule has 1 unspecified atom stereocenters. The third kappa shape index (κ3) is 3.58. The molecular formula is C15H20N2O4. The van der Waals surface area contributed by atoms with E-state index in [0.29, 0.717) is 31.5 Å². The van der Waals surface area contributed by atoms with E-state index in [2.05, 4.69) is 0 Å². The van der Waals surface area contributed by atoms with Crippen LogP contribution in [0.5, 0.6) is 0 Å². The molecule has 1 aromatic rings. The molecule has 0 bridgehead atoms. The highest BCUT2D eigenvalue weighted by atomic mass is 16.6. The summed E-state index contributed by atoms with van der Waals surface area (Å²) in [6.07, 6.45) is 1.91. The number of amides is 1. The van der Waals surface area contributed by atoms with Crippen molar-refractivity contribution < 1.29 is 14.8 Å². The standard InChI is InChI=1S/C15H20N2O4/c1-11-4-5-12(17(20)21)10-13(11)14(18)16-8-3-6-15(2,19)7-9-16/h4-5,10,19H,3,6-9H2,1-2H3. The maximum absolute atomic E-state index is 12.6. The lowest BCUT2D eigenvalue weighted by Gasteiger charge is -2.23. The number of nitrogens with zero attached hydrogens (tertiary/aromatic N) is 2. The maximum Gasteiger partial charge on any atom is 0.270 e. The molecule has 1 saturated heterocycles. The highest BCUT2D eigenvalue weighted by Gasteiger charge is 2.28. The number of nitro benzene ring substituents is 1. The van der Waals surface area contributed by atoms with E-state index in [0.717, 1.165) is 12.0 Å². The zero-order chi connectivity index (χ0) is 15.6. The Hall–Kier alpha value is -1.95. The SMILES string of the molecule is Cc1ccc([N+](=O)[O-])cc1C(=O)N1CCCC(C)(O)CC1. The average Bonchev–Trinajstić information content (AvgIpc) is 2.59. The number of aliphatic hydroxyl groups is 1. The second kappa shape index (κ2) is 5.81. The van der Waals surface area contributed by atoms with Gasteiger partial charge in [0, 0.05) is 30.8 Å². The molecule has 6 heteroatoms. The van der Waals surface area contributed by atoms with Crippen LogP contribution >= 0.6 is 0 Å². The van der Waals surface area contributed by atoms with Gasteiger partial charge in [0.15, 0.2) is 0 Å². The van der Waals surface area contributed by atoms with Crippen LogP contribution in [-0.4, -0.2) is 39.5 Å². The van der Waals surface area contributed by atoms with Crippen LogP contribution in [0.2, 0.25) is 0 Å². The summed E-state index contributed by atoms with van der Waals surface area (Å²) in [7, 11) is 0. The van der Waals surface area contributed by atoms with E-state index < -0.39 is 10.5 Å². The Kier molecular flexibility index (Phi) is 4.27. The summed E-state index contributed by atoms with van der Waals surface area (Å²) < 4.78 is 0. The minimum atomic E-state index is -0.743. The summed E-state index contributed by atoms with van der Waals surface area (Å²) in [5, 5.41) is 20.9. The molecule has 0 radical (unpaired) electrons. The molecule has 0 aromatic heterocycles. The van der Waals surface area contributed by atoms with E-state index in [-0.39, 0.29) is 11.6 Å². The molecule has 1 amide bonds. The molecule has 1 fully saturated rings. The molecule has 1 N–H and O–H groups in total. The Morgan fingerprint density at radius 2 is 2.10 bits per heavy atom. The van der Waals surface area contributed by atoms with Crippen molar-refractivity contribution in [2.75, 3.05) is 13.1 Å². The van der Waals surface area contributed by atoms with Crippen molar-refractivity contribution in [1.82, 2.24) is 4.90 Å². The van der Waals surface area contributed by atoms with Crippen LogP contribution in [0.15, 0.2) is 18.2 Å². The van der Waals surface area contributed by atoms with Crippen LogP contribution in [0.4, 0.5) is 5.69 Å². The van der Waals surface area contributed by atoms with Crippen molar-refractivity contribution in [1.29, 1.82) is 0 Å². The highest BCUT2D eigenvalue weighted by molar-refractivity contribution is 5.96. The van der Waals surface area contributed by atoms with E-state index >= 15 is 0 Å². The normalized spacial score (nSPS) is 22.7. The lowest BCUT2D eigenvalue weighted by atomic mass is 9.98. The van der Waals surface area contributed by atoms with Crippen molar-refractivity contribution in [3.05, 3.63) is 39.4 Å². The van der Waals surface area contributed by atoms with Gasteiger partial charge >= 0.3 is 0 Å². The van der Waals surface area contributed by atoms with Crippen molar-refractivity contribution in [2.45, 2.75) is 38.7 Å². The van der Waals surface area contributed by atoms with Crippen molar-refractivity contribution >= 4 is 11.6 Å². The van der Waals surface area contributed by atoms with Crippen molar-refractivity contribution in [3.8, 4) is 0 Å². The van der Waals surface area contributed by atoms with Gasteiger partial charge in [-0.25, -0.2) is 0 Å². The number of rotatable bonds is 2. The van der Waals surface area contributed by atoms with Crippen LogP contribution in [0.1, 0.15) is 42.1 Å². The number of aryl methyl sites for hydroxylation is 1. The van der Waals surface area contributed by atoms with Gasteiger partial charge in [-0.05, 0) is 38.7 Å². The summed E-state index contributed by atoms with van der Waals surface area (Å²) in [6, 6.07) is 4.33. The van der Waals surface area contributed by atoms with Gasteiger partial charge in [0.2, 0.25) is 0 Å². The number of likely N-dealkylation sites (tertiary alicyclic amines) is 1. The predicted molar refractivity (Wildman–Crippen MR) is 78.2 cm³/mol. The van der Waals surface area contributed by atoms with E-state index in [9.17, 15) is 20.0 Å². The minimum Gasteiger partial charge on any atom is -0.390 e. The molecule has 1 heterocycles. The van der Waals surface area contributed by atoms with Crippen molar-refractivity contribution in [3.63, 3.8) is 0 Å². The van der Waals surface area contributed by atoms with Gasteiger partial charge in [-0.2, -0.15) is 0 Å². The fourth-order valence-corrected chi connectivity index (χ4v) is 2.59. The largest absolute Gasteiger partial charge is 0.390 e. The second-order valence-electron chi connectivity index (χ2n) is 5.90. The molecule has 1 atom stereocenters. The second-order valence-corrected chi connectivity index (χ2v) is 5.90. The quantitative estimate of drug-likeness (QED) is 0.669. The molecular weight excluding hydrogens is 272 g/mol. The number of hydrogen-bond donors (Lipinski definition) is 1. The first kappa shape index (κ1) is 15.4. The Bertz CT molecular complexity index is 569. The van der Waals surface area contributed by atoms with Crippen LogP contribution < -0.4 is 0 Å². The number of benzene rings is 1. The first-order chi connectivity index (χ1) is 9.80. The molecule has 2 rings (SSSR count). The summed E-state index contributed by atoms with van der Waals surface area (Å²) in [5.41, 5.74) is 0.269. The zero-order valence-corrected chi connectivity index (χ0v) is 12.3. The molecule has 21 heavy (non-hydrogen) atoms. The molecule has 0 saturated carbocycles. The number of nitro groups is 1. The fraction of sp³-hybridized carbons (Fsp3) is 0.533. The third-order valence-electron chi connectivity index (χ3n) is 4.01. The van der Waals surface area contributed by atoms with E-state index in [1.165, 1.54) is 12.1 Å². The van der Waals surface area contributed by atoms with Crippen molar-refractivity contribution in [2.24, 2.45) is 0 Å². The number of hydrogen-bond acceptors (Lipinski definition) is 4. The summed E-state index contributed by atoms with van der Waals surface area (Å²) in [6.45, 7) is 4.58. The third-order valence-corrected chi connectivity index (χ3v) is 4.01. The Morgan fingerprint density at radius 1 is 1.38 bits per heavy atom. The minimum absolute atomic E-state index is 0.0780. The van der Waals surface area contributed by atoms with Crippen LogP contribution in [-0.2, 0) is 0 Å². The topological polar surface area (TPSA) is 83.7 Å². The Balaban J connectivity index is 2.23. The number of non-ortho nitro benzene ring substituents is 1.